The molecule has 2 amide bonds. The van der Waals surface area contributed by atoms with Crippen LogP contribution in [-0.4, -0.2) is 45.6 Å². The van der Waals surface area contributed by atoms with Crippen LogP contribution in [0.1, 0.15) is 50.6 Å². The van der Waals surface area contributed by atoms with Gasteiger partial charge in [-0.15, -0.1) is 0 Å². The van der Waals surface area contributed by atoms with Gasteiger partial charge in [0, 0.05) is 22.2 Å². The van der Waals surface area contributed by atoms with Crippen LogP contribution in [-0.2, 0) is 9.53 Å². The number of ether oxygens (including phenoxy) is 1. The molecule has 0 aliphatic carbocycles. The molecule has 1 N–H and O–H groups in total. The molecule has 0 unspecified atom stereocenters. The Balaban J connectivity index is 1.52. The lowest BCUT2D eigenvalue weighted by Gasteiger charge is -2.22. The number of imide groups is 1. The van der Waals surface area contributed by atoms with Gasteiger partial charge in [0.1, 0.15) is 6.04 Å². The Kier molecular flexibility index (Phi) is 4.73. The van der Waals surface area contributed by atoms with Crippen LogP contribution in [0.5, 0.6) is 0 Å². The van der Waals surface area contributed by atoms with Gasteiger partial charge in [-0.2, -0.15) is 0 Å². The first-order valence-electron chi connectivity index (χ1n) is 9.60. The molecule has 0 saturated carbocycles. The van der Waals surface area contributed by atoms with E-state index in [1.807, 2.05) is 24.3 Å². The van der Waals surface area contributed by atoms with Gasteiger partial charge in [0.15, 0.2) is 6.10 Å². The van der Waals surface area contributed by atoms with Crippen molar-refractivity contribution in [2.24, 2.45) is 0 Å². The van der Waals surface area contributed by atoms with E-state index in [0.29, 0.717) is 11.3 Å². The fraction of sp³-hybridized carbons (Fsp3) is 0.217. The first-order chi connectivity index (χ1) is 14.3. The molecule has 0 spiro atoms. The highest BCUT2D eigenvalue weighted by atomic mass is 16.5. The van der Waals surface area contributed by atoms with Crippen molar-refractivity contribution in [1.29, 1.82) is 0 Å². The van der Waals surface area contributed by atoms with Gasteiger partial charge >= 0.3 is 5.97 Å². The minimum absolute atomic E-state index is 0.251. The summed E-state index contributed by atoms with van der Waals surface area (Å²) >= 11 is 0. The van der Waals surface area contributed by atoms with E-state index in [1.165, 1.54) is 13.8 Å². The molecule has 7 nitrogen and oxygen atoms in total. The molecule has 0 radical (unpaired) electrons. The van der Waals surface area contributed by atoms with Crippen LogP contribution >= 0.6 is 0 Å². The summed E-state index contributed by atoms with van der Waals surface area (Å²) in [7, 11) is 0. The highest BCUT2D eigenvalue weighted by Crippen LogP contribution is 2.26. The standard InChI is InChI=1S/C23H20N2O5/c1-12-19(17-10-6-7-11-18(17)24-12)20(26)14(3)30-23(29)13(2)25-21(27)15-8-4-5-9-16(15)22(25)28/h4-11,13-14,24H,1-3H3/t13-,14-/m1/s1. The topological polar surface area (TPSA) is 96.5 Å². The van der Waals surface area contributed by atoms with Gasteiger partial charge in [-0.25, -0.2) is 4.79 Å². The predicted octanol–water partition coefficient (Wildman–Crippen LogP) is 3.28. The molecular formula is C23H20N2O5. The number of carbonyl (C=O) groups excluding carboxylic acids is 4. The highest BCUT2D eigenvalue weighted by Gasteiger charge is 2.42. The van der Waals surface area contributed by atoms with Crippen molar-refractivity contribution in [2.75, 3.05) is 0 Å². The molecule has 7 heteroatoms. The van der Waals surface area contributed by atoms with E-state index in [2.05, 4.69) is 4.98 Å². The number of aromatic nitrogens is 1. The van der Waals surface area contributed by atoms with Gasteiger partial charge in [0.2, 0.25) is 5.78 Å². The monoisotopic (exact) mass is 404 g/mol. The second-order valence-corrected chi connectivity index (χ2v) is 7.32. The number of Topliss-reactive ketones (excluding diaryl/α,β-unsaturated/α-hetero) is 1. The average Bonchev–Trinajstić information content (AvgIpc) is 3.20. The number of hydrogen-bond donors (Lipinski definition) is 1. The van der Waals surface area contributed by atoms with Crippen molar-refractivity contribution in [2.45, 2.75) is 32.9 Å². The number of benzene rings is 2. The second kappa shape index (κ2) is 7.26. The van der Waals surface area contributed by atoms with Gasteiger partial charge in [0.05, 0.1) is 11.1 Å². The zero-order valence-corrected chi connectivity index (χ0v) is 16.8. The second-order valence-electron chi connectivity index (χ2n) is 7.32. The fourth-order valence-corrected chi connectivity index (χ4v) is 3.79. The highest BCUT2D eigenvalue weighted by molar-refractivity contribution is 6.22. The Hall–Kier alpha value is -3.74. The first-order valence-corrected chi connectivity index (χ1v) is 9.60. The lowest BCUT2D eigenvalue weighted by atomic mass is 10.0. The molecule has 0 fully saturated rings. The number of fused-ring (bicyclic) bond motifs is 2. The third-order valence-corrected chi connectivity index (χ3v) is 5.36. The van der Waals surface area contributed by atoms with E-state index in [4.69, 9.17) is 4.74 Å². The lowest BCUT2D eigenvalue weighted by molar-refractivity contribution is -0.150. The predicted molar refractivity (Wildman–Crippen MR) is 109 cm³/mol. The van der Waals surface area contributed by atoms with Crippen molar-refractivity contribution in [3.05, 3.63) is 70.9 Å². The minimum Gasteiger partial charge on any atom is -0.453 e. The number of hydrogen-bond acceptors (Lipinski definition) is 5. The van der Waals surface area contributed by atoms with E-state index in [1.54, 1.807) is 31.2 Å². The van der Waals surface area contributed by atoms with Crippen molar-refractivity contribution in [3.8, 4) is 0 Å². The maximum absolute atomic E-state index is 13.0. The van der Waals surface area contributed by atoms with Crippen molar-refractivity contribution in [3.63, 3.8) is 0 Å². The number of nitrogens with one attached hydrogen (secondary N) is 1. The molecule has 30 heavy (non-hydrogen) atoms. The Morgan fingerprint density at radius 2 is 1.50 bits per heavy atom. The number of nitrogens with zero attached hydrogens (tertiary/aromatic N) is 1. The quantitative estimate of drug-likeness (QED) is 0.400. The average molecular weight is 404 g/mol. The van der Waals surface area contributed by atoms with Gasteiger partial charge in [-0.3, -0.25) is 19.3 Å². The van der Waals surface area contributed by atoms with Crippen LogP contribution in [0.2, 0.25) is 0 Å². The number of H-pyrrole nitrogens is 1. The van der Waals surface area contributed by atoms with Crippen LogP contribution in [0.3, 0.4) is 0 Å². The number of aromatic amines is 1. The molecule has 4 rings (SSSR count). The van der Waals surface area contributed by atoms with E-state index >= 15 is 0 Å². The van der Waals surface area contributed by atoms with Gasteiger partial charge < -0.3 is 9.72 Å². The number of para-hydroxylation sites is 1. The zero-order valence-electron chi connectivity index (χ0n) is 16.8. The number of amides is 2. The maximum Gasteiger partial charge on any atom is 0.329 e. The Bertz CT molecular complexity index is 1170. The summed E-state index contributed by atoms with van der Waals surface area (Å²) < 4.78 is 5.36. The molecule has 152 valence electrons. The summed E-state index contributed by atoms with van der Waals surface area (Å²) in [4.78, 5) is 54.8. The molecule has 0 bridgehead atoms. The Morgan fingerprint density at radius 1 is 0.933 bits per heavy atom. The summed E-state index contributed by atoms with van der Waals surface area (Å²) in [5, 5.41) is 0.747. The van der Waals surface area contributed by atoms with E-state index < -0.39 is 29.9 Å². The van der Waals surface area contributed by atoms with Gasteiger partial charge in [-0.05, 0) is 39.0 Å². The number of esters is 1. The largest absolute Gasteiger partial charge is 0.453 e. The summed E-state index contributed by atoms with van der Waals surface area (Å²) in [5.41, 5.74) is 2.45. The van der Waals surface area contributed by atoms with Crippen LogP contribution < -0.4 is 0 Å². The summed E-state index contributed by atoms with van der Waals surface area (Å²) in [5.74, 6) is -2.27. The number of aryl methyl sites for hydroxylation is 1. The lowest BCUT2D eigenvalue weighted by Crippen LogP contribution is -2.45. The first kappa shape index (κ1) is 19.6. The minimum atomic E-state index is -1.16. The molecular weight excluding hydrogens is 384 g/mol. The summed E-state index contributed by atoms with van der Waals surface area (Å²) in [6.45, 7) is 4.68. The van der Waals surface area contributed by atoms with E-state index in [-0.39, 0.29) is 16.9 Å². The molecule has 1 aromatic heterocycles. The normalized spacial score (nSPS) is 15.2. The zero-order chi connectivity index (χ0) is 21.6. The smallest absolute Gasteiger partial charge is 0.329 e. The SMILES string of the molecule is Cc1[nH]c2ccccc2c1C(=O)[C@@H](C)OC(=O)[C@@H](C)N1C(=O)c2ccccc2C1=O. The van der Waals surface area contributed by atoms with Crippen LogP contribution in [0, 0.1) is 6.92 Å². The van der Waals surface area contributed by atoms with Crippen LogP contribution in [0.4, 0.5) is 0 Å². The van der Waals surface area contributed by atoms with E-state index in [0.717, 1.165) is 15.8 Å². The molecule has 2 heterocycles. The Morgan fingerprint density at radius 3 is 2.13 bits per heavy atom. The molecule has 1 aliphatic rings. The van der Waals surface area contributed by atoms with Gasteiger partial charge in [-0.1, -0.05) is 30.3 Å². The van der Waals surface area contributed by atoms with Crippen LogP contribution in [0.25, 0.3) is 10.9 Å². The third kappa shape index (κ3) is 2.99. The molecule has 3 aromatic rings. The van der Waals surface area contributed by atoms with Crippen molar-refractivity contribution >= 4 is 34.5 Å². The van der Waals surface area contributed by atoms with Crippen LogP contribution in [0.15, 0.2) is 48.5 Å². The maximum atomic E-state index is 13.0. The number of carbonyl (C=O) groups is 4. The number of ketones is 1. The Labute approximate surface area is 172 Å². The third-order valence-electron chi connectivity index (χ3n) is 5.36. The summed E-state index contributed by atoms with van der Waals surface area (Å²) in [6, 6.07) is 12.6. The van der Waals surface area contributed by atoms with Gasteiger partial charge in [0.25, 0.3) is 11.8 Å². The summed E-state index contributed by atoms with van der Waals surface area (Å²) in [6.07, 6.45) is -1.08. The molecule has 2 atom stereocenters. The molecule has 0 saturated heterocycles. The molecule has 1 aliphatic heterocycles. The van der Waals surface area contributed by atoms with E-state index in [9.17, 15) is 19.2 Å². The van der Waals surface area contributed by atoms with Crippen molar-refractivity contribution < 1.29 is 23.9 Å². The van der Waals surface area contributed by atoms with Crippen molar-refractivity contribution in [1.82, 2.24) is 9.88 Å². The molecule has 2 aromatic carbocycles. The number of rotatable bonds is 5. The fourth-order valence-electron chi connectivity index (χ4n) is 3.79.